The maximum Gasteiger partial charge on any atom is 0.287 e. The first-order valence-corrected chi connectivity index (χ1v) is 6.94. The second-order valence-corrected chi connectivity index (χ2v) is 5.11. The van der Waals surface area contributed by atoms with Gasteiger partial charge in [-0.2, -0.15) is 0 Å². The number of Topliss-reactive ketones (excluding diaryl/α,β-unsaturated/α-hetero) is 1. The van der Waals surface area contributed by atoms with Crippen LogP contribution in [0.4, 0.5) is 0 Å². The first-order valence-electron chi connectivity index (χ1n) is 6.94. The number of carbonyl (C=O) groups excluding carboxylic acids is 3. The van der Waals surface area contributed by atoms with Crippen molar-refractivity contribution in [3.8, 4) is 0 Å². The second-order valence-electron chi connectivity index (χ2n) is 5.11. The number of hydrogen-bond donors (Lipinski definition) is 1. The molecule has 19 heavy (non-hydrogen) atoms. The van der Waals surface area contributed by atoms with Gasteiger partial charge in [0, 0.05) is 38.6 Å². The van der Waals surface area contributed by atoms with Gasteiger partial charge in [0.2, 0.25) is 11.7 Å². The molecule has 2 aliphatic rings. The summed E-state index contributed by atoms with van der Waals surface area (Å²) in [5.74, 6) is -1.24. The largest absolute Gasteiger partial charge is 0.340 e. The Bertz CT molecular complexity index is 371. The van der Waals surface area contributed by atoms with Crippen LogP contribution in [0.3, 0.4) is 0 Å². The molecule has 0 spiro atoms. The highest BCUT2D eigenvalue weighted by atomic mass is 16.2. The van der Waals surface area contributed by atoms with Crippen LogP contribution in [0.5, 0.6) is 0 Å². The van der Waals surface area contributed by atoms with Crippen LogP contribution in [0.1, 0.15) is 26.2 Å². The summed E-state index contributed by atoms with van der Waals surface area (Å²) < 4.78 is 0. The summed E-state index contributed by atoms with van der Waals surface area (Å²) in [6.45, 7) is 4.81. The number of amides is 2. The molecule has 2 fully saturated rings. The van der Waals surface area contributed by atoms with Gasteiger partial charge in [-0.05, 0) is 12.8 Å². The van der Waals surface area contributed by atoms with Crippen LogP contribution in [-0.2, 0) is 14.4 Å². The van der Waals surface area contributed by atoms with Crippen molar-refractivity contribution in [2.24, 2.45) is 0 Å². The van der Waals surface area contributed by atoms with E-state index in [9.17, 15) is 14.4 Å². The lowest BCUT2D eigenvalue weighted by atomic mass is 10.3. The van der Waals surface area contributed by atoms with Crippen LogP contribution in [0.2, 0.25) is 0 Å². The van der Waals surface area contributed by atoms with Gasteiger partial charge in [0.15, 0.2) is 0 Å². The van der Waals surface area contributed by atoms with Gasteiger partial charge in [0.25, 0.3) is 5.91 Å². The lowest BCUT2D eigenvalue weighted by Gasteiger charge is -2.34. The van der Waals surface area contributed by atoms with E-state index < -0.39 is 11.7 Å². The Morgan fingerprint density at radius 3 is 2.26 bits per heavy atom. The number of piperazine rings is 1. The van der Waals surface area contributed by atoms with Gasteiger partial charge in [-0.25, -0.2) is 0 Å². The van der Waals surface area contributed by atoms with E-state index >= 15 is 0 Å². The molecule has 0 radical (unpaired) electrons. The fourth-order valence-electron chi connectivity index (χ4n) is 2.30. The molecule has 1 saturated carbocycles. The molecule has 1 heterocycles. The van der Waals surface area contributed by atoms with Gasteiger partial charge in [0.05, 0.1) is 6.54 Å². The third kappa shape index (κ3) is 3.76. The van der Waals surface area contributed by atoms with Crippen molar-refractivity contribution in [2.45, 2.75) is 32.2 Å². The minimum Gasteiger partial charge on any atom is -0.340 e. The molecule has 0 unspecified atom stereocenters. The predicted molar refractivity (Wildman–Crippen MR) is 69.5 cm³/mol. The molecule has 0 bridgehead atoms. The van der Waals surface area contributed by atoms with E-state index in [-0.39, 0.29) is 18.9 Å². The monoisotopic (exact) mass is 267 g/mol. The molecule has 2 amide bonds. The zero-order valence-electron chi connectivity index (χ0n) is 11.4. The third-order valence-electron chi connectivity index (χ3n) is 3.70. The fraction of sp³-hybridized carbons (Fsp3) is 0.769. The lowest BCUT2D eigenvalue weighted by molar-refractivity contribution is -0.139. The Morgan fingerprint density at radius 1 is 1.11 bits per heavy atom. The fourth-order valence-corrected chi connectivity index (χ4v) is 2.30. The van der Waals surface area contributed by atoms with E-state index in [1.807, 2.05) is 0 Å². The summed E-state index contributed by atoms with van der Waals surface area (Å²) in [6, 6.07) is 0.735. The van der Waals surface area contributed by atoms with Gasteiger partial charge in [0.1, 0.15) is 0 Å². The molecule has 1 saturated heterocycles. The Morgan fingerprint density at radius 2 is 1.74 bits per heavy atom. The van der Waals surface area contributed by atoms with Crippen molar-refractivity contribution in [2.75, 3.05) is 32.7 Å². The molecule has 1 aliphatic carbocycles. The predicted octanol–water partition coefficient (Wildman–Crippen LogP) is -0.612. The van der Waals surface area contributed by atoms with Crippen molar-refractivity contribution < 1.29 is 14.4 Å². The number of nitrogens with one attached hydrogen (secondary N) is 1. The highest BCUT2D eigenvalue weighted by Gasteiger charge is 2.32. The Kier molecular flexibility index (Phi) is 4.52. The van der Waals surface area contributed by atoms with Crippen molar-refractivity contribution in [1.82, 2.24) is 15.1 Å². The Hall–Kier alpha value is -1.43. The van der Waals surface area contributed by atoms with Gasteiger partial charge in [-0.15, -0.1) is 0 Å². The molecule has 1 N–H and O–H groups in total. The highest BCUT2D eigenvalue weighted by Crippen LogP contribution is 2.27. The molecule has 0 aromatic heterocycles. The number of rotatable bonds is 5. The number of nitrogens with zero attached hydrogens (tertiary/aromatic N) is 2. The minimum absolute atomic E-state index is 0.0754. The van der Waals surface area contributed by atoms with E-state index in [0.717, 1.165) is 19.1 Å². The van der Waals surface area contributed by atoms with Gasteiger partial charge in [-0.3, -0.25) is 19.3 Å². The molecule has 0 atom stereocenters. The zero-order chi connectivity index (χ0) is 13.8. The molecule has 6 nitrogen and oxygen atoms in total. The second kappa shape index (κ2) is 6.14. The van der Waals surface area contributed by atoms with Crippen LogP contribution >= 0.6 is 0 Å². The quantitative estimate of drug-likeness (QED) is 0.675. The summed E-state index contributed by atoms with van der Waals surface area (Å²) in [5, 5.41) is 2.38. The first-order chi connectivity index (χ1) is 9.11. The van der Waals surface area contributed by atoms with Crippen LogP contribution in [0.15, 0.2) is 0 Å². The average Bonchev–Trinajstić information content (AvgIpc) is 3.28. The molecular formula is C13H21N3O3. The van der Waals surface area contributed by atoms with Crippen molar-refractivity contribution >= 4 is 17.6 Å². The average molecular weight is 267 g/mol. The zero-order valence-corrected chi connectivity index (χ0v) is 11.4. The Labute approximate surface area is 113 Å². The molecular weight excluding hydrogens is 246 g/mol. The van der Waals surface area contributed by atoms with Crippen LogP contribution < -0.4 is 5.32 Å². The third-order valence-corrected chi connectivity index (χ3v) is 3.70. The van der Waals surface area contributed by atoms with Crippen LogP contribution in [-0.4, -0.2) is 66.2 Å². The van der Waals surface area contributed by atoms with Crippen LogP contribution in [0.25, 0.3) is 0 Å². The number of ketones is 1. The summed E-state index contributed by atoms with van der Waals surface area (Å²) in [4.78, 5) is 38.4. The summed E-state index contributed by atoms with van der Waals surface area (Å²) >= 11 is 0. The van der Waals surface area contributed by atoms with E-state index in [2.05, 4.69) is 10.2 Å². The van der Waals surface area contributed by atoms with Gasteiger partial charge >= 0.3 is 0 Å². The van der Waals surface area contributed by atoms with E-state index in [1.165, 1.54) is 12.8 Å². The van der Waals surface area contributed by atoms with Crippen molar-refractivity contribution in [3.05, 3.63) is 0 Å². The normalized spacial score (nSPS) is 20.2. The summed E-state index contributed by atoms with van der Waals surface area (Å²) in [5.41, 5.74) is 0. The van der Waals surface area contributed by atoms with Crippen molar-refractivity contribution in [3.63, 3.8) is 0 Å². The van der Waals surface area contributed by atoms with Gasteiger partial charge in [-0.1, -0.05) is 6.92 Å². The first kappa shape index (κ1) is 14.0. The maximum absolute atomic E-state index is 11.9. The summed E-state index contributed by atoms with van der Waals surface area (Å²) in [7, 11) is 0. The van der Waals surface area contributed by atoms with Crippen LogP contribution in [0, 0.1) is 0 Å². The molecule has 1 aliphatic heterocycles. The topological polar surface area (TPSA) is 69.7 Å². The molecule has 0 aromatic carbocycles. The van der Waals surface area contributed by atoms with E-state index in [1.54, 1.807) is 11.8 Å². The van der Waals surface area contributed by atoms with E-state index in [4.69, 9.17) is 0 Å². The minimum atomic E-state index is -0.660. The summed E-state index contributed by atoms with van der Waals surface area (Å²) in [6.07, 6.45) is 2.73. The van der Waals surface area contributed by atoms with Gasteiger partial charge < -0.3 is 10.2 Å². The smallest absolute Gasteiger partial charge is 0.287 e. The number of hydrogen-bond acceptors (Lipinski definition) is 4. The molecule has 6 heteroatoms. The Balaban J connectivity index is 1.69. The molecule has 106 valence electrons. The molecule has 0 aromatic rings. The van der Waals surface area contributed by atoms with Crippen molar-refractivity contribution in [1.29, 1.82) is 0 Å². The SMILES string of the molecule is CCC(=O)C(=O)NCC(=O)N1CCN(C2CC2)CC1. The number of carbonyl (C=O) groups is 3. The standard InChI is InChI=1S/C13H21N3O3/c1-2-11(17)13(19)14-9-12(18)16-7-5-15(6-8-16)10-3-4-10/h10H,2-9H2,1H3,(H,14,19). The van der Waals surface area contributed by atoms with E-state index in [0.29, 0.717) is 13.1 Å². The maximum atomic E-state index is 11.9. The highest BCUT2D eigenvalue weighted by molar-refractivity contribution is 6.36. The lowest BCUT2D eigenvalue weighted by Crippen LogP contribution is -2.52. The molecule has 2 rings (SSSR count).